The van der Waals surface area contributed by atoms with Gasteiger partial charge in [0.25, 0.3) is 0 Å². The Balaban J connectivity index is 1.36. The normalized spacial score (nSPS) is 17.7. The zero-order valence-corrected chi connectivity index (χ0v) is 22.3. The fourth-order valence-corrected chi connectivity index (χ4v) is 5.64. The molecule has 0 bridgehead atoms. The first-order valence-electron chi connectivity index (χ1n) is 11.8. The van der Waals surface area contributed by atoms with E-state index >= 15 is 0 Å². The second kappa shape index (κ2) is 9.29. The molecule has 5 rings (SSSR count). The van der Waals surface area contributed by atoms with Crippen LogP contribution in [0.1, 0.15) is 45.2 Å². The van der Waals surface area contributed by atoms with E-state index in [9.17, 15) is 14.0 Å². The fourth-order valence-electron chi connectivity index (χ4n) is 4.24. The number of nitrogens with one attached hydrogen (secondary N) is 2. The highest BCUT2D eigenvalue weighted by molar-refractivity contribution is 7.99. The molecular weight excluding hydrogens is 519 g/mol. The maximum atomic E-state index is 15.0. The highest BCUT2D eigenvalue weighted by atomic mass is 35.5. The Morgan fingerprint density at radius 1 is 1.24 bits per heavy atom. The van der Waals surface area contributed by atoms with Crippen LogP contribution in [0.25, 0.3) is 22.5 Å². The Labute approximate surface area is 222 Å². The summed E-state index contributed by atoms with van der Waals surface area (Å²) in [7, 11) is 1.61. The molecule has 2 heterocycles. The Bertz CT molecular complexity index is 1400. The zero-order valence-electron chi connectivity index (χ0n) is 20.8. The minimum Gasteiger partial charge on any atom is -0.444 e. The number of hydrogen-bond acceptors (Lipinski definition) is 7. The van der Waals surface area contributed by atoms with Crippen LogP contribution in [0.3, 0.4) is 0 Å². The Kier molecular flexibility index (Phi) is 6.39. The highest BCUT2D eigenvalue weighted by Crippen LogP contribution is 2.44. The van der Waals surface area contributed by atoms with Gasteiger partial charge >= 0.3 is 6.09 Å². The van der Waals surface area contributed by atoms with Gasteiger partial charge in [-0.15, -0.1) is 22.0 Å². The molecule has 0 saturated heterocycles. The number of aryl methyl sites for hydroxylation is 1. The van der Waals surface area contributed by atoms with E-state index < -0.39 is 23.1 Å². The number of ether oxygens (including phenoxy) is 1. The van der Waals surface area contributed by atoms with Crippen molar-refractivity contribution in [3.63, 3.8) is 0 Å². The summed E-state index contributed by atoms with van der Waals surface area (Å²) in [6.45, 7) is 5.33. The van der Waals surface area contributed by atoms with Crippen molar-refractivity contribution in [2.75, 3.05) is 5.75 Å². The number of alkyl carbamates (subject to hydrolysis) is 1. The molecule has 0 radical (unpaired) electrons. The summed E-state index contributed by atoms with van der Waals surface area (Å²) in [5.74, 6) is 0.0298. The molecule has 12 heteroatoms. The third kappa shape index (κ3) is 5.28. The van der Waals surface area contributed by atoms with Crippen molar-refractivity contribution in [3.05, 3.63) is 46.7 Å². The number of carbonyl (C=O) groups excluding carboxylic acids is 2. The number of carbonyl (C=O) groups is 2. The third-order valence-electron chi connectivity index (χ3n) is 6.12. The molecule has 9 nitrogen and oxygen atoms in total. The molecule has 1 aliphatic heterocycles. The van der Waals surface area contributed by atoms with Crippen LogP contribution in [-0.4, -0.2) is 49.1 Å². The van der Waals surface area contributed by atoms with Gasteiger partial charge in [-0.2, -0.15) is 4.80 Å². The molecule has 2 aromatic carbocycles. The lowest BCUT2D eigenvalue weighted by Gasteiger charge is -2.24. The molecule has 2 N–H and O–H groups in total. The van der Waals surface area contributed by atoms with Crippen LogP contribution >= 0.6 is 23.4 Å². The van der Waals surface area contributed by atoms with E-state index in [2.05, 4.69) is 26.0 Å². The first-order valence-corrected chi connectivity index (χ1v) is 13.1. The molecule has 1 aromatic heterocycles. The molecule has 1 fully saturated rings. The largest absolute Gasteiger partial charge is 0.444 e. The zero-order chi connectivity index (χ0) is 26.5. The lowest BCUT2D eigenvalue weighted by atomic mass is 9.96. The van der Waals surface area contributed by atoms with Gasteiger partial charge in [-0.3, -0.25) is 4.79 Å². The lowest BCUT2D eigenvalue weighted by molar-refractivity contribution is -0.124. The molecule has 0 spiro atoms. The van der Waals surface area contributed by atoms with Gasteiger partial charge < -0.3 is 15.4 Å². The summed E-state index contributed by atoms with van der Waals surface area (Å²) in [6.07, 6.45) is 0.514. The van der Waals surface area contributed by atoms with Gasteiger partial charge in [0, 0.05) is 15.7 Å². The number of thioether (sulfide) groups is 1. The third-order valence-corrected chi connectivity index (χ3v) is 7.51. The number of rotatable bonds is 5. The number of halogens is 2. The minimum atomic E-state index is -0.938. The van der Waals surface area contributed by atoms with Crippen LogP contribution in [0.2, 0.25) is 5.02 Å². The van der Waals surface area contributed by atoms with Gasteiger partial charge in [-0.1, -0.05) is 23.7 Å². The summed E-state index contributed by atoms with van der Waals surface area (Å²) in [5, 5.41) is 18.0. The number of aromatic nitrogens is 4. The molecule has 1 atom stereocenters. The van der Waals surface area contributed by atoms with Gasteiger partial charge in [0.1, 0.15) is 17.0 Å². The van der Waals surface area contributed by atoms with Crippen LogP contribution in [0, 0.1) is 5.82 Å². The van der Waals surface area contributed by atoms with E-state index in [-0.39, 0.29) is 28.4 Å². The summed E-state index contributed by atoms with van der Waals surface area (Å²) >= 11 is 7.78. The SMILES string of the molecule is Cn1nnc(-c2c(F)cc(Cl)cc2-c2ccc3c(c2)SCC3NC(=O)C2(NC(=O)OC(C)(C)C)CC2)n1. The second-order valence-corrected chi connectivity index (χ2v) is 11.7. The molecule has 1 saturated carbocycles. The first kappa shape index (κ1) is 25.5. The van der Waals surface area contributed by atoms with Gasteiger partial charge in [0.05, 0.1) is 18.7 Å². The van der Waals surface area contributed by atoms with Gasteiger partial charge in [0.2, 0.25) is 11.7 Å². The van der Waals surface area contributed by atoms with Crippen molar-refractivity contribution < 1.29 is 18.7 Å². The standard InChI is InChI=1S/C25H26ClFN6O3S/c1-24(2,3)36-23(35)29-25(7-8-25)22(34)28-18-12-37-19-9-13(5-6-15(18)19)16-10-14(26)11-17(27)20(16)21-30-32-33(4)31-21/h5-6,9-11,18H,7-8,12H2,1-4H3,(H,28,34)(H,29,35). The number of benzene rings is 2. The molecule has 1 unspecified atom stereocenters. The van der Waals surface area contributed by atoms with Crippen molar-refractivity contribution in [2.45, 2.75) is 55.7 Å². The average molecular weight is 545 g/mol. The Hall–Kier alpha value is -3.18. The predicted octanol–water partition coefficient (Wildman–Crippen LogP) is 4.66. The first-order chi connectivity index (χ1) is 17.4. The number of tetrazole rings is 1. The molecule has 2 amide bonds. The molecule has 2 aliphatic rings. The molecule has 37 heavy (non-hydrogen) atoms. The molecule has 1 aliphatic carbocycles. The Morgan fingerprint density at radius 3 is 2.65 bits per heavy atom. The summed E-state index contributed by atoms with van der Waals surface area (Å²) in [6, 6.07) is 8.41. The monoisotopic (exact) mass is 544 g/mol. The van der Waals surface area contributed by atoms with Crippen LogP contribution in [-0.2, 0) is 16.6 Å². The van der Waals surface area contributed by atoms with E-state index in [1.54, 1.807) is 45.6 Å². The van der Waals surface area contributed by atoms with E-state index in [0.717, 1.165) is 16.0 Å². The van der Waals surface area contributed by atoms with Crippen LogP contribution < -0.4 is 10.6 Å². The number of hydrogen-bond donors (Lipinski definition) is 2. The van der Waals surface area contributed by atoms with E-state index in [4.69, 9.17) is 16.3 Å². The van der Waals surface area contributed by atoms with E-state index in [0.29, 0.717) is 24.2 Å². The van der Waals surface area contributed by atoms with Crippen LogP contribution in [0.4, 0.5) is 9.18 Å². The maximum Gasteiger partial charge on any atom is 0.408 e. The maximum absolute atomic E-state index is 15.0. The van der Waals surface area contributed by atoms with Gasteiger partial charge in [-0.05, 0) is 73.7 Å². The van der Waals surface area contributed by atoms with Crippen LogP contribution in [0.5, 0.6) is 0 Å². The van der Waals surface area contributed by atoms with Crippen molar-refractivity contribution in [1.82, 2.24) is 30.8 Å². The van der Waals surface area contributed by atoms with E-state index in [1.807, 2.05) is 18.2 Å². The highest BCUT2D eigenvalue weighted by Gasteiger charge is 2.52. The second-order valence-electron chi connectivity index (χ2n) is 10.2. The van der Waals surface area contributed by atoms with Crippen LogP contribution in [0.15, 0.2) is 35.2 Å². The smallest absolute Gasteiger partial charge is 0.408 e. The predicted molar refractivity (Wildman–Crippen MR) is 138 cm³/mol. The molecular formula is C25H26ClFN6O3S. The molecule has 194 valence electrons. The van der Waals surface area contributed by atoms with Gasteiger partial charge in [-0.25, -0.2) is 9.18 Å². The lowest BCUT2D eigenvalue weighted by Crippen LogP contribution is -2.51. The van der Waals surface area contributed by atoms with E-state index in [1.165, 1.54) is 10.9 Å². The topological polar surface area (TPSA) is 111 Å². The summed E-state index contributed by atoms with van der Waals surface area (Å²) in [4.78, 5) is 27.6. The fraction of sp³-hybridized carbons (Fsp3) is 0.400. The van der Waals surface area contributed by atoms with Gasteiger partial charge in [0.15, 0.2) is 0 Å². The summed E-state index contributed by atoms with van der Waals surface area (Å²) < 4.78 is 20.3. The summed E-state index contributed by atoms with van der Waals surface area (Å²) in [5.41, 5.74) is 0.877. The quantitative estimate of drug-likeness (QED) is 0.480. The Morgan fingerprint density at radius 2 is 2.00 bits per heavy atom. The average Bonchev–Trinajstić information content (AvgIpc) is 3.28. The number of nitrogens with zero attached hydrogens (tertiary/aromatic N) is 4. The van der Waals surface area contributed by atoms with Crippen molar-refractivity contribution in [3.8, 4) is 22.5 Å². The van der Waals surface area contributed by atoms with Crippen molar-refractivity contribution in [1.29, 1.82) is 0 Å². The van der Waals surface area contributed by atoms with Crippen molar-refractivity contribution in [2.24, 2.45) is 7.05 Å². The minimum absolute atomic E-state index is 0.164. The van der Waals surface area contributed by atoms with Crippen molar-refractivity contribution >= 4 is 35.4 Å². The number of amides is 2. The number of fused-ring (bicyclic) bond motifs is 1. The molecule has 3 aromatic rings.